The van der Waals surface area contributed by atoms with Crippen LogP contribution in [-0.2, 0) is 11.2 Å². The molecule has 2 N–H and O–H groups in total. The Morgan fingerprint density at radius 1 is 0.963 bits per heavy atom. The molecule has 0 aliphatic rings. The van der Waals surface area contributed by atoms with Gasteiger partial charge in [0.15, 0.2) is 0 Å². The Bertz CT molecular complexity index is 1110. The fourth-order valence-corrected chi connectivity index (χ4v) is 3.06. The van der Waals surface area contributed by atoms with E-state index < -0.39 is 5.97 Å². The summed E-state index contributed by atoms with van der Waals surface area (Å²) in [6.45, 7) is 0. The van der Waals surface area contributed by atoms with E-state index >= 15 is 0 Å². The van der Waals surface area contributed by atoms with Crippen LogP contribution < -0.4 is 0 Å². The lowest BCUT2D eigenvalue weighted by Gasteiger charge is -2.00. The second kappa shape index (κ2) is 7.30. The number of fused-ring (bicyclic) bond motifs is 1. The van der Waals surface area contributed by atoms with Crippen LogP contribution in [0.5, 0.6) is 0 Å². The molecule has 0 radical (unpaired) electrons. The largest absolute Gasteiger partial charge is 0.478 e. The van der Waals surface area contributed by atoms with Gasteiger partial charge in [0.1, 0.15) is 5.82 Å². The first-order valence-electron chi connectivity index (χ1n) is 8.71. The van der Waals surface area contributed by atoms with E-state index in [0.717, 1.165) is 39.6 Å². The number of carboxylic acid groups (broad SMARTS) is 1. The molecular weight excluding hydrogens is 336 g/mol. The van der Waals surface area contributed by atoms with Gasteiger partial charge in [-0.1, -0.05) is 60.7 Å². The highest BCUT2D eigenvalue weighted by atomic mass is 16.4. The van der Waals surface area contributed by atoms with Crippen molar-refractivity contribution in [2.24, 2.45) is 0 Å². The lowest BCUT2D eigenvalue weighted by molar-refractivity contribution is -0.131. The lowest BCUT2D eigenvalue weighted by Crippen LogP contribution is -1.91. The van der Waals surface area contributed by atoms with Gasteiger partial charge in [0, 0.05) is 12.5 Å². The summed E-state index contributed by atoms with van der Waals surface area (Å²) in [5, 5.41) is 8.69. The lowest BCUT2D eigenvalue weighted by atomic mass is 10.1. The number of benzene rings is 3. The maximum atomic E-state index is 10.6. The normalized spacial score (nSPS) is 11.3. The van der Waals surface area contributed by atoms with Gasteiger partial charge in [0.05, 0.1) is 11.0 Å². The van der Waals surface area contributed by atoms with Crippen LogP contribution in [0.1, 0.15) is 17.0 Å². The summed E-state index contributed by atoms with van der Waals surface area (Å²) in [5.74, 6) is -0.0414. The summed E-state index contributed by atoms with van der Waals surface area (Å²) in [6, 6.07) is 24.3. The number of nitrogens with zero attached hydrogens (tertiary/aromatic N) is 1. The third-order valence-corrected chi connectivity index (χ3v) is 4.41. The van der Waals surface area contributed by atoms with E-state index in [-0.39, 0.29) is 0 Å². The minimum atomic E-state index is -0.948. The first-order chi connectivity index (χ1) is 13.2. The second-order valence-electron chi connectivity index (χ2n) is 6.37. The highest BCUT2D eigenvalue weighted by Crippen LogP contribution is 2.23. The molecule has 0 saturated heterocycles. The summed E-state index contributed by atoms with van der Waals surface area (Å²) < 4.78 is 0. The smallest absolute Gasteiger partial charge is 0.328 e. The number of hydrogen-bond acceptors (Lipinski definition) is 2. The molecule has 0 aliphatic carbocycles. The molecule has 1 heterocycles. The van der Waals surface area contributed by atoms with Crippen molar-refractivity contribution in [3.05, 3.63) is 95.8 Å². The van der Waals surface area contributed by atoms with E-state index in [9.17, 15) is 4.79 Å². The predicted octanol–water partition coefficient (Wildman–Crippen LogP) is 4.92. The Kier molecular flexibility index (Phi) is 4.54. The molecule has 4 nitrogen and oxygen atoms in total. The molecule has 4 rings (SSSR count). The number of nitrogens with one attached hydrogen (secondary N) is 1. The molecule has 0 amide bonds. The van der Waals surface area contributed by atoms with Crippen LogP contribution in [0.4, 0.5) is 0 Å². The Balaban J connectivity index is 1.55. The Morgan fingerprint density at radius 2 is 1.74 bits per heavy atom. The standard InChI is InChI=1S/C23H18N2O2/c26-23(27)13-10-16-6-8-17(9-7-16)14-22-24-20-12-11-19(15-21(20)25-22)18-4-2-1-3-5-18/h1-13,15H,14H2,(H,24,25)(H,26,27). The quantitative estimate of drug-likeness (QED) is 0.500. The number of H-pyrrole nitrogens is 1. The Hall–Kier alpha value is -3.66. The van der Waals surface area contributed by atoms with Crippen molar-refractivity contribution in [1.82, 2.24) is 9.97 Å². The second-order valence-corrected chi connectivity index (χ2v) is 6.37. The van der Waals surface area contributed by atoms with E-state index in [4.69, 9.17) is 5.11 Å². The van der Waals surface area contributed by atoms with E-state index in [2.05, 4.69) is 34.2 Å². The molecule has 0 saturated carbocycles. The van der Waals surface area contributed by atoms with Crippen molar-refractivity contribution in [2.75, 3.05) is 0 Å². The minimum Gasteiger partial charge on any atom is -0.478 e. The van der Waals surface area contributed by atoms with Gasteiger partial charge in [0.2, 0.25) is 0 Å². The molecule has 132 valence electrons. The van der Waals surface area contributed by atoms with Gasteiger partial charge in [-0.2, -0.15) is 0 Å². The summed E-state index contributed by atoms with van der Waals surface area (Å²) in [7, 11) is 0. The third kappa shape index (κ3) is 3.96. The van der Waals surface area contributed by atoms with Gasteiger partial charge < -0.3 is 10.1 Å². The zero-order valence-corrected chi connectivity index (χ0v) is 14.6. The molecule has 0 atom stereocenters. The van der Waals surface area contributed by atoms with Crippen LogP contribution in [0.2, 0.25) is 0 Å². The zero-order chi connectivity index (χ0) is 18.6. The van der Waals surface area contributed by atoms with E-state index in [1.807, 2.05) is 48.5 Å². The van der Waals surface area contributed by atoms with Crippen LogP contribution in [0.15, 0.2) is 78.9 Å². The molecule has 3 aromatic carbocycles. The minimum absolute atomic E-state index is 0.693. The van der Waals surface area contributed by atoms with Gasteiger partial charge in [-0.05, 0) is 40.5 Å². The fourth-order valence-electron chi connectivity index (χ4n) is 3.06. The number of aliphatic carboxylic acids is 1. The zero-order valence-electron chi connectivity index (χ0n) is 14.6. The molecule has 0 spiro atoms. The number of carboxylic acids is 1. The number of carbonyl (C=O) groups is 1. The first-order valence-corrected chi connectivity index (χ1v) is 8.71. The highest BCUT2D eigenvalue weighted by Gasteiger charge is 2.06. The first kappa shape index (κ1) is 16.8. The molecule has 1 aromatic heterocycles. The molecule has 27 heavy (non-hydrogen) atoms. The van der Waals surface area contributed by atoms with Crippen molar-refractivity contribution in [3.63, 3.8) is 0 Å². The van der Waals surface area contributed by atoms with Crippen LogP contribution in [0.3, 0.4) is 0 Å². The monoisotopic (exact) mass is 354 g/mol. The fraction of sp³-hybridized carbons (Fsp3) is 0.0435. The summed E-state index contributed by atoms with van der Waals surface area (Å²) >= 11 is 0. The molecule has 4 heteroatoms. The molecule has 0 bridgehead atoms. The van der Waals surface area contributed by atoms with Crippen molar-refractivity contribution in [3.8, 4) is 11.1 Å². The number of aromatic nitrogens is 2. The molecule has 0 fully saturated rings. The summed E-state index contributed by atoms with van der Waals surface area (Å²) in [4.78, 5) is 18.7. The molecule has 0 aliphatic heterocycles. The van der Waals surface area contributed by atoms with Crippen LogP contribution in [0.25, 0.3) is 28.2 Å². The maximum Gasteiger partial charge on any atom is 0.328 e. The summed E-state index contributed by atoms with van der Waals surface area (Å²) in [5.41, 5.74) is 6.29. The van der Waals surface area contributed by atoms with Crippen LogP contribution >= 0.6 is 0 Å². The number of imidazole rings is 1. The van der Waals surface area contributed by atoms with Crippen molar-refractivity contribution in [1.29, 1.82) is 0 Å². The average Bonchev–Trinajstić information content (AvgIpc) is 3.09. The molecular formula is C23H18N2O2. The SMILES string of the molecule is O=C(O)C=Cc1ccc(Cc2nc3ccc(-c4ccccc4)cc3[nH]2)cc1. The molecule has 0 unspecified atom stereocenters. The van der Waals surface area contributed by atoms with Gasteiger partial charge in [0.25, 0.3) is 0 Å². The molecule has 4 aromatic rings. The Morgan fingerprint density at radius 3 is 2.48 bits per heavy atom. The number of rotatable bonds is 5. The van der Waals surface area contributed by atoms with Gasteiger partial charge in [-0.3, -0.25) is 0 Å². The highest BCUT2D eigenvalue weighted by molar-refractivity contribution is 5.85. The average molecular weight is 354 g/mol. The van der Waals surface area contributed by atoms with Gasteiger partial charge in [-0.25, -0.2) is 9.78 Å². The van der Waals surface area contributed by atoms with Gasteiger partial charge in [-0.15, -0.1) is 0 Å². The Labute approximate surface area is 156 Å². The van der Waals surface area contributed by atoms with E-state index in [0.29, 0.717) is 6.42 Å². The van der Waals surface area contributed by atoms with Crippen LogP contribution in [-0.4, -0.2) is 21.0 Å². The predicted molar refractivity (Wildman–Crippen MR) is 107 cm³/mol. The third-order valence-electron chi connectivity index (χ3n) is 4.41. The maximum absolute atomic E-state index is 10.6. The number of hydrogen-bond donors (Lipinski definition) is 2. The number of aromatic amines is 1. The van der Waals surface area contributed by atoms with E-state index in [1.54, 1.807) is 6.08 Å². The van der Waals surface area contributed by atoms with Crippen LogP contribution in [0, 0.1) is 0 Å². The van der Waals surface area contributed by atoms with Crippen molar-refractivity contribution in [2.45, 2.75) is 6.42 Å². The van der Waals surface area contributed by atoms with E-state index in [1.165, 1.54) is 5.56 Å². The van der Waals surface area contributed by atoms with Crippen molar-refractivity contribution < 1.29 is 9.90 Å². The topological polar surface area (TPSA) is 66.0 Å². The van der Waals surface area contributed by atoms with Gasteiger partial charge >= 0.3 is 5.97 Å². The summed E-state index contributed by atoms with van der Waals surface area (Å²) in [6.07, 6.45) is 3.41. The van der Waals surface area contributed by atoms with Crippen molar-refractivity contribution >= 4 is 23.1 Å².